The van der Waals surface area contributed by atoms with Gasteiger partial charge in [0, 0.05) is 12.6 Å². The zero-order valence-corrected chi connectivity index (χ0v) is 10.7. The third kappa shape index (κ3) is 4.12. The first kappa shape index (κ1) is 13.0. The monoisotopic (exact) mass is 212 g/mol. The summed E-state index contributed by atoms with van der Waals surface area (Å²) in [5, 5.41) is 0. The van der Waals surface area contributed by atoms with Gasteiger partial charge in [0.2, 0.25) is 0 Å². The molecule has 0 aromatic heterocycles. The minimum Gasteiger partial charge on any atom is -0.330 e. The summed E-state index contributed by atoms with van der Waals surface area (Å²) in [5.41, 5.74) is 5.72. The number of nitrogens with two attached hydrogens (primary N) is 1. The molecule has 2 heteroatoms. The quantitative estimate of drug-likeness (QED) is 0.758. The molecule has 1 aliphatic carbocycles. The molecule has 1 fully saturated rings. The van der Waals surface area contributed by atoms with Crippen molar-refractivity contribution in [1.82, 2.24) is 4.90 Å². The summed E-state index contributed by atoms with van der Waals surface area (Å²) in [6, 6.07) is 0.622. The highest BCUT2D eigenvalue weighted by molar-refractivity contribution is 4.75. The van der Waals surface area contributed by atoms with Crippen molar-refractivity contribution in [3.8, 4) is 0 Å². The van der Waals surface area contributed by atoms with Crippen molar-refractivity contribution in [2.24, 2.45) is 17.6 Å². The van der Waals surface area contributed by atoms with Gasteiger partial charge in [-0.2, -0.15) is 0 Å². The number of hydrogen-bond acceptors (Lipinski definition) is 2. The highest BCUT2D eigenvalue weighted by atomic mass is 15.1. The lowest BCUT2D eigenvalue weighted by Crippen LogP contribution is -2.40. The zero-order valence-electron chi connectivity index (χ0n) is 10.7. The maximum Gasteiger partial charge on any atom is 0.0102 e. The summed E-state index contributed by atoms with van der Waals surface area (Å²) in [4.78, 5) is 2.51. The molecule has 2 atom stereocenters. The Bertz CT molecular complexity index is 164. The zero-order chi connectivity index (χ0) is 11.3. The van der Waals surface area contributed by atoms with Gasteiger partial charge < -0.3 is 10.6 Å². The molecule has 0 aliphatic heterocycles. The molecule has 0 aromatic carbocycles. The van der Waals surface area contributed by atoms with E-state index in [1.54, 1.807) is 0 Å². The second kappa shape index (κ2) is 6.49. The van der Waals surface area contributed by atoms with Crippen molar-refractivity contribution in [1.29, 1.82) is 0 Å². The third-order valence-corrected chi connectivity index (χ3v) is 4.16. The molecule has 0 amide bonds. The Kier molecular flexibility index (Phi) is 5.62. The van der Waals surface area contributed by atoms with Crippen LogP contribution in [0.1, 0.15) is 46.0 Å². The van der Waals surface area contributed by atoms with Crippen molar-refractivity contribution >= 4 is 0 Å². The van der Waals surface area contributed by atoms with Crippen molar-refractivity contribution in [2.45, 2.75) is 52.0 Å². The summed E-state index contributed by atoms with van der Waals surface area (Å²) in [6.07, 6.45) is 7.22. The van der Waals surface area contributed by atoms with Crippen LogP contribution in [0.5, 0.6) is 0 Å². The van der Waals surface area contributed by atoms with Gasteiger partial charge in [0.15, 0.2) is 0 Å². The van der Waals surface area contributed by atoms with Gasteiger partial charge in [0.25, 0.3) is 0 Å². The molecular weight excluding hydrogens is 184 g/mol. The van der Waals surface area contributed by atoms with Crippen LogP contribution in [0.25, 0.3) is 0 Å². The van der Waals surface area contributed by atoms with Crippen molar-refractivity contribution in [2.75, 3.05) is 20.1 Å². The summed E-state index contributed by atoms with van der Waals surface area (Å²) in [6.45, 7) is 6.63. The lowest BCUT2D eigenvalue weighted by Gasteiger charge is -2.33. The minimum absolute atomic E-state index is 0.610. The van der Waals surface area contributed by atoms with E-state index >= 15 is 0 Å². The predicted molar refractivity (Wildman–Crippen MR) is 66.9 cm³/mol. The molecule has 0 radical (unpaired) electrons. The fourth-order valence-corrected chi connectivity index (χ4v) is 2.57. The van der Waals surface area contributed by atoms with Gasteiger partial charge in [0.1, 0.15) is 0 Å². The molecule has 0 spiro atoms. The fourth-order valence-electron chi connectivity index (χ4n) is 2.57. The van der Waals surface area contributed by atoms with E-state index in [-0.39, 0.29) is 0 Å². The Morgan fingerprint density at radius 3 is 2.33 bits per heavy atom. The average molecular weight is 212 g/mol. The van der Waals surface area contributed by atoms with Gasteiger partial charge in [-0.15, -0.1) is 0 Å². The first-order valence-corrected chi connectivity index (χ1v) is 6.55. The summed E-state index contributed by atoms with van der Waals surface area (Å²) >= 11 is 0. The second-order valence-corrected chi connectivity index (χ2v) is 5.40. The molecule has 0 aromatic rings. The largest absolute Gasteiger partial charge is 0.330 e. The van der Waals surface area contributed by atoms with Crippen molar-refractivity contribution in [3.63, 3.8) is 0 Å². The van der Waals surface area contributed by atoms with Crippen LogP contribution in [0.3, 0.4) is 0 Å². The first-order valence-electron chi connectivity index (χ1n) is 6.55. The van der Waals surface area contributed by atoms with Crippen molar-refractivity contribution in [3.05, 3.63) is 0 Å². The molecule has 1 rings (SSSR count). The molecule has 0 bridgehead atoms. The molecule has 1 aliphatic rings. The van der Waals surface area contributed by atoms with Gasteiger partial charge in [-0.3, -0.25) is 0 Å². The van der Waals surface area contributed by atoms with E-state index in [1.165, 1.54) is 38.6 Å². The normalized spacial score (nSPS) is 23.0. The van der Waals surface area contributed by atoms with Crippen LogP contribution in [-0.2, 0) is 0 Å². The molecular formula is C13H28N2. The second-order valence-electron chi connectivity index (χ2n) is 5.40. The van der Waals surface area contributed by atoms with Gasteiger partial charge in [-0.25, -0.2) is 0 Å². The molecule has 0 saturated heterocycles. The highest BCUT2D eigenvalue weighted by Gasteiger charge is 2.20. The van der Waals surface area contributed by atoms with Gasteiger partial charge in [-0.1, -0.05) is 26.2 Å². The highest BCUT2D eigenvalue weighted by Crippen LogP contribution is 2.25. The summed E-state index contributed by atoms with van der Waals surface area (Å²) in [5.74, 6) is 1.55. The van der Waals surface area contributed by atoms with E-state index in [0.29, 0.717) is 12.0 Å². The standard InChI is InChI=1S/C13H28N2/c1-11(9-14)12(2)15(3)10-13-7-5-4-6-8-13/h11-13H,4-10,14H2,1-3H3. The predicted octanol–water partition coefficient (Wildman–Crippen LogP) is 2.48. The van der Waals surface area contributed by atoms with E-state index in [0.717, 1.165) is 12.5 Å². The molecule has 90 valence electrons. The maximum atomic E-state index is 5.72. The van der Waals surface area contributed by atoms with Crippen LogP contribution < -0.4 is 5.73 Å². The lowest BCUT2D eigenvalue weighted by molar-refractivity contribution is 0.157. The first-order chi connectivity index (χ1) is 7.15. The third-order valence-electron chi connectivity index (χ3n) is 4.16. The number of nitrogens with zero attached hydrogens (tertiary/aromatic N) is 1. The van der Waals surface area contributed by atoms with Gasteiger partial charge >= 0.3 is 0 Å². The molecule has 1 saturated carbocycles. The van der Waals surface area contributed by atoms with Crippen LogP contribution >= 0.6 is 0 Å². The maximum absolute atomic E-state index is 5.72. The molecule has 2 nitrogen and oxygen atoms in total. The Hall–Kier alpha value is -0.0800. The molecule has 2 unspecified atom stereocenters. The summed E-state index contributed by atoms with van der Waals surface area (Å²) in [7, 11) is 2.26. The van der Waals surface area contributed by atoms with E-state index < -0.39 is 0 Å². The van der Waals surface area contributed by atoms with Gasteiger partial charge in [-0.05, 0) is 45.2 Å². The average Bonchev–Trinajstić information content (AvgIpc) is 2.28. The molecule has 0 heterocycles. The van der Waals surface area contributed by atoms with Crippen molar-refractivity contribution < 1.29 is 0 Å². The van der Waals surface area contributed by atoms with E-state index in [9.17, 15) is 0 Å². The minimum atomic E-state index is 0.610. The van der Waals surface area contributed by atoms with E-state index in [4.69, 9.17) is 5.73 Å². The Balaban J connectivity index is 2.29. The Morgan fingerprint density at radius 1 is 1.20 bits per heavy atom. The SMILES string of the molecule is CC(CN)C(C)N(C)CC1CCCCC1. The number of hydrogen-bond donors (Lipinski definition) is 1. The van der Waals surface area contributed by atoms with Crippen LogP contribution in [0.2, 0.25) is 0 Å². The van der Waals surface area contributed by atoms with Crippen LogP contribution in [-0.4, -0.2) is 31.1 Å². The summed E-state index contributed by atoms with van der Waals surface area (Å²) < 4.78 is 0. The van der Waals surface area contributed by atoms with Crippen LogP contribution in [0.4, 0.5) is 0 Å². The molecule has 2 N–H and O–H groups in total. The Labute approximate surface area is 95.2 Å². The van der Waals surface area contributed by atoms with Crippen LogP contribution in [0, 0.1) is 11.8 Å². The fraction of sp³-hybridized carbons (Fsp3) is 1.00. The van der Waals surface area contributed by atoms with E-state index in [2.05, 4.69) is 25.8 Å². The molecule has 15 heavy (non-hydrogen) atoms. The number of rotatable bonds is 5. The Morgan fingerprint density at radius 2 is 1.80 bits per heavy atom. The van der Waals surface area contributed by atoms with Crippen LogP contribution in [0.15, 0.2) is 0 Å². The van der Waals surface area contributed by atoms with E-state index in [1.807, 2.05) is 0 Å². The smallest absolute Gasteiger partial charge is 0.0102 e. The topological polar surface area (TPSA) is 29.3 Å². The van der Waals surface area contributed by atoms with Gasteiger partial charge in [0.05, 0.1) is 0 Å². The lowest BCUT2D eigenvalue weighted by atomic mass is 9.88.